The average Bonchev–Trinajstić information content (AvgIpc) is 2.67. The molecule has 4 heteroatoms. The van der Waals surface area contributed by atoms with E-state index in [9.17, 15) is 0 Å². The van der Waals surface area contributed by atoms with Crippen molar-refractivity contribution in [2.24, 2.45) is 0 Å². The maximum atomic E-state index is 5.96. The molecule has 2 rings (SSSR count). The summed E-state index contributed by atoms with van der Waals surface area (Å²) in [7, 11) is -1.37. The molecule has 0 bridgehead atoms. The lowest BCUT2D eigenvalue weighted by Gasteiger charge is -2.22. The summed E-state index contributed by atoms with van der Waals surface area (Å²) in [5.74, 6) is 2.77. The van der Waals surface area contributed by atoms with Crippen molar-refractivity contribution in [1.82, 2.24) is 0 Å². The quantitative estimate of drug-likeness (QED) is 0.540. The average molecular weight is 268 g/mol. The number of hydrogen-bond donors (Lipinski definition) is 0. The van der Waals surface area contributed by atoms with Gasteiger partial charge in [-0.15, -0.1) is 5.54 Å². The fraction of sp³-hybridized carbons (Fsp3) is 0.857. The van der Waals surface area contributed by atoms with E-state index in [0.717, 1.165) is 6.42 Å². The van der Waals surface area contributed by atoms with E-state index in [1.165, 1.54) is 0 Å². The molecular weight excluding hydrogens is 244 g/mol. The van der Waals surface area contributed by atoms with Gasteiger partial charge in [0.2, 0.25) is 0 Å². The molecule has 0 aromatic carbocycles. The lowest BCUT2D eigenvalue weighted by Crippen LogP contribution is -2.29. The molecule has 4 atom stereocenters. The molecule has 0 amide bonds. The van der Waals surface area contributed by atoms with Crippen LogP contribution < -0.4 is 0 Å². The van der Waals surface area contributed by atoms with Crippen LogP contribution in [0, 0.1) is 11.5 Å². The summed E-state index contributed by atoms with van der Waals surface area (Å²) in [5.41, 5.74) is 3.38. The van der Waals surface area contributed by atoms with Gasteiger partial charge in [-0.1, -0.05) is 32.5 Å². The lowest BCUT2D eigenvalue weighted by atomic mass is 10.1. The van der Waals surface area contributed by atoms with Crippen molar-refractivity contribution in [2.75, 3.05) is 0 Å². The highest BCUT2D eigenvalue weighted by molar-refractivity contribution is 6.83. The second-order valence-electron chi connectivity index (χ2n) is 6.59. The van der Waals surface area contributed by atoms with Gasteiger partial charge in [0.05, 0.1) is 6.10 Å². The zero-order valence-corrected chi connectivity index (χ0v) is 13.2. The fourth-order valence-corrected chi connectivity index (χ4v) is 2.99. The molecule has 2 aliphatic rings. The molecule has 102 valence electrons. The molecule has 0 saturated carbocycles. The molecule has 0 N–H and O–H groups in total. The van der Waals surface area contributed by atoms with Crippen molar-refractivity contribution >= 4 is 8.07 Å². The van der Waals surface area contributed by atoms with E-state index in [-0.39, 0.29) is 24.4 Å². The van der Waals surface area contributed by atoms with Crippen molar-refractivity contribution in [3.05, 3.63) is 0 Å². The van der Waals surface area contributed by atoms with E-state index in [1.807, 2.05) is 13.8 Å². The second kappa shape index (κ2) is 4.64. The molecular formula is C14H24O3Si. The summed E-state index contributed by atoms with van der Waals surface area (Å²) in [6.07, 6.45) is 0.914. The van der Waals surface area contributed by atoms with Gasteiger partial charge in [0, 0.05) is 0 Å². The van der Waals surface area contributed by atoms with Crippen molar-refractivity contribution in [1.29, 1.82) is 0 Å². The molecule has 0 spiro atoms. The van der Waals surface area contributed by atoms with Crippen LogP contribution in [-0.2, 0) is 14.2 Å². The Bertz CT molecular complexity index is 375. The van der Waals surface area contributed by atoms with Crippen LogP contribution in [0.4, 0.5) is 0 Å². The van der Waals surface area contributed by atoms with E-state index in [2.05, 4.69) is 38.0 Å². The minimum atomic E-state index is -1.37. The SMILES string of the molecule is CC[C@H]1O[C@@H](C#C[Si](C)(C)C)[C@@H]2OC(C)(C)O[C@@H]21. The molecule has 0 radical (unpaired) electrons. The normalized spacial score (nSPS) is 38.1. The Balaban J connectivity index is 2.16. The van der Waals surface area contributed by atoms with Gasteiger partial charge in [-0.2, -0.15) is 0 Å². The number of rotatable bonds is 1. The molecule has 2 saturated heterocycles. The smallest absolute Gasteiger partial charge is 0.164 e. The molecule has 18 heavy (non-hydrogen) atoms. The summed E-state index contributed by atoms with van der Waals surface area (Å²) < 4.78 is 17.8. The van der Waals surface area contributed by atoms with Crippen molar-refractivity contribution < 1.29 is 14.2 Å². The van der Waals surface area contributed by atoms with Crippen LogP contribution in [0.2, 0.25) is 19.6 Å². The Hall–Kier alpha value is -0.343. The number of ether oxygens (including phenoxy) is 3. The van der Waals surface area contributed by atoms with Gasteiger partial charge < -0.3 is 14.2 Å². The Morgan fingerprint density at radius 2 is 1.72 bits per heavy atom. The largest absolute Gasteiger partial charge is 0.357 e. The Kier molecular flexibility index (Phi) is 3.63. The van der Waals surface area contributed by atoms with Crippen LogP contribution in [0.1, 0.15) is 27.2 Å². The minimum absolute atomic E-state index is 0.0333. The third-order valence-corrected chi connectivity index (χ3v) is 4.04. The Labute approximate surface area is 111 Å². The maximum Gasteiger partial charge on any atom is 0.164 e. The highest BCUT2D eigenvalue weighted by Gasteiger charge is 2.54. The van der Waals surface area contributed by atoms with Gasteiger partial charge in [0.15, 0.2) is 5.79 Å². The highest BCUT2D eigenvalue weighted by atomic mass is 28.3. The first-order valence-corrected chi connectivity index (χ1v) is 10.3. The molecule has 2 fully saturated rings. The van der Waals surface area contributed by atoms with Crippen LogP contribution in [0.5, 0.6) is 0 Å². The second-order valence-corrected chi connectivity index (χ2v) is 11.3. The minimum Gasteiger partial charge on any atom is -0.357 e. The summed E-state index contributed by atoms with van der Waals surface area (Å²) in [6, 6.07) is 0. The number of hydrogen-bond acceptors (Lipinski definition) is 3. The van der Waals surface area contributed by atoms with Gasteiger partial charge in [0.25, 0.3) is 0 Å². The third kappa shape index (κ3) is 2.97. The van der Waals surface area contributed by atoms with Crippen LogP contribution in [-0.4, -0.2) is 38.3 Å². The topological polar surface area (TPSA) is 27.7 Å². The molecule has 0 aliphatic carbocycles. The van der Waals surface area contributed by atoms with Crippen molar-refractivity contribution in [3.63, 3.8) is 0 Å². The first kappa shape index (κ1) is 14.1. The zero-order valence-electron chi connectivity index (χ0n) is 12.2. The van der Waals surface area contributed by atoms with Crippen LogP contribution in [0.15, 0.2) is 0 Å². The molecule has 0 unspecified atom stereocenters. The Morgan fingerprint density at radius 3 is 2.28 bits per heavy atom. The maximum absolute atomic E-state index is 5.96. The monoisotopic (exact) mass is 268 g/mol. The van der Waals surface area contributed by atoms with Gasteiger partial charge in [0.1, 0.15) is 26.4 Å². The standard InChI is InChI=1S/C14H24O3Si/c1-7-10-12-13(17-14(2,3)16-12)11(15-10)8-9-18(4,5)6/h10-13H,7H2,1-6H3/t10-,11+,12-,13+/m1/s1. The molecule has 3 nitrogen and oxygen atoms in total. The van der Waals surface area contributed by atoms with Crippen LogP contribution in [0.25, 0.3) is 0 Å². The first-order chi connectivity index (χ1) is 8.22. The van der Waals surface area contributed by atoms with Gasteiger partial charge in [-0.05, 0) is 20.3 Å². The summed E-state index contributed by atoms with van der Waals surface area (Å²) in [5, 5.41) is 0. The van der Waals surface area contributed by atoms with Crippen LogP contribution in [0.3, 0.4) is 0 Å². The van der Waals surface area contributed by atoms with E-state index in [1.54, 1.807) is 0 Å². The zero-order chi connectivity index (χ0) is 13.6. The molecule has 2 heterocycles. The fourth-order valence-electron chi connectivity index (χ4n) is 2.41. The molecule has 0 aromatic rings. The summed E-state index contributed by atoms with van der Waals surface area (Å²) in [4.78, 5) is 0. The van der Waals surface area contributed by atoms with E-state index in [4.69, 9.17) is 14.2 Å². The predicted octanol–water partition coefficient (Wildman–Crippen LogP) is 2.56. The van der Waals surface area contributed by atoms with E-state index >= 15 is 0 Å². The highest BCUT2D eigenvalue weighted by Crippen LogP contribution is 2.39. The first-order valence-electron chi connectivity index (χ1n) is 6.76. The third-order valence-electron chi connectivity index (χ3n) is 3.14. The molecule has 0 aromatic heterocycles. The predicted molar refractivity (Wildman–Crippen MR) is 73.9 cm³/mol. The lowest BCUT2D eigenvalue weighted by molar-refractivity contribution is -0.181. The van der Waals surface area contributed by atoms with Crippen molar-refractivity contribution in [3.8, 4) is 11.5 Å². The van der Waals surface area contributed by atoms with Crippen molar-refractivity contribution in [2.45, 2.75) is 77.0 Å². The van der Waals surface area contributed by atoms with Gasteiger partial charge in [-0.3, -0.25) is 0 Å². The van der Waals surface area contributed by atoms with Gasteiger partial charge in [-0.25, -0.2) is 0 Å². The van der Waals surface area contributed by atoms with E-state index in [0.29, 0.717) is 0 Å². The van der Waals surface area contributed by atoms with Gasteiger partial charge >= 0.3 is 0 Å². The number of fused-ring (bicyclic) bond motifs is 1. The molecule has 2 aliphatic heterocycles. The summed E-state index contributed by atoms with van der Waals surface area (Å²) >= 11 is 0. The Morgan fingerprint density at radius 1 is 1.11 bits per heavy atom. The summed E-state index contributed by atoms with van der Waals surface area (Å²) in [6.45, 7) is 12.7. The van der Waals surface area contributed by atoms with Crippen LogP contribution >= 0.6 is 0 Å². The van der Waals surface area contributed by atoms with E-state index < -0.39 is 13.9 Å².